The van der Waals surface area contributed by atoms with E-state index in [0.717, 1.165) is 10.0 Å². The standard InChI is InChI=1S/C13H16BrNO3/c1-3-18-12(16)6-7-15-13(17)10-5-4-9(2)8-11(10)14/h4-5,8H,3,6-7H2,1-2H3,(H,15,17). The number of carbonyl (C=O) groups excluding carboxylic acids is 2. The van der Waals surface area contributed by atoms with Crippen LogP contribution in [0.5, 0.6) is 0 Å². The second kappa shape index (κ2) is 7.16. The molecule has 0 spiro atoms. The van der Waals surface area contributed by atoms with Crippen LogP contribution in [0.2, 0.25) is 0 Å². The highest BCUT2D eigenvalue weighted by molar-refractivity contribution is 9.10. The van der Waals surface area contributed by atoms with Crippen molar-refractivity contribution in [2.45, 2.75) is 20.3 Å². The van der Waals surface area contributed by atoms with Gasteiger partial charge in [0.05, 0.1) is 18.6 Å². The van der Waals surface area contributed by atoms with Crippen LogP contribution >= 0.6 is 15.9 Å². The zero-order valence-corrected chi connectivity index (χ0v) is 12.0. The number of carbonyl (C=O) groups is 2. The van der Waals surface area contributed by atoms with Crippen molar-refractivity contribution in [1.29, 1.82) is 0 Å². The number of rotatable bonds is 5. The molecule has 1 rings (SSSR count). The number of hydrogen-bond acceptors (Lipinski definition) is 3. The summed E-state index contributed by atoms with van der Waals surface area (Å²) >= 11 is 3.34. The molecule has 0 radical (unpaired) electrons. The molecule has 0 saturated heterocycles. The summed E-state index contributed by atoms with van der Waals surface area (Å²) in [5, 5.41) is 2.68. The summed E-state index contributed by atoms with van der Waals surface area (Å²) < 4.78 is 5.52. The first-order chi connectivity index (χ1) is 8.54. The molecular formula is C13H16BrNO3. The summed E-state index contributed by atoms with van der Waals surface area (Å²) in [4.78, 5) is 22.9. The zero-order chi connectivity index (χ0) is 13.5. The van der Waals surface area contributed by atoms with Crippen molar-refractivity contribution in [3.05, 3.63) is 33.8 Å². The number of aryl methyl sites for hydroxylation is 1. The fourth-order valence-electron chi connectivity index (χ4n) is 1.41. The fourth-order valence-corrected chi connectivity index (χ4v) is 2.08. The van der Waals surface area contributed by atoms with Crippen LogP contribution in [0.1, 0.15) is 29.3 Å². The SMILES string of the molecule is CCOC(=O)CCNC(=O)c1ccc(C)cc1Br. The lowest BCUT2D eigenvalue weighted by atomic mass is 10.1. The van der Waals surface area contributed by atoms with E-state index in [9.17, 15) is 9.59 Å². The van der Waals surface area contributed by atoms with Crippen molar-refractivity contribution in [2.24, 2.45) is 0 Å². The first-order valence-corrected chi connectivity index (χ1v) is 6.54. The minimum Gasteiger partial charge on any atom is -0.466 e. The van der Waals surface area contributed by atoms with Crippen LogP contribution in [0.15, 0.2) is 22.7 Å². The largest absolute Gasteiger partial charge is 0.466 e. The van der Waals surface area contributed by atoms with Gasteiger partial charge in [-0.25, -0.2) is 0 Å². The molecule has 0 aliphatic carbocycles. The summed E-state index contributed by atoms with van der Waals surface area (Å²) in [5.74, 6) is -0.507. The molecule has 0 heterocycles. The first kappa shape index (κ1) is 14.7. The Kier molecular flexibility index (Phi) is 5.85. The predicted molar refractivity (Wildman–Crippen MR) is 72.5 cm³/mol. The summed E-state index contributed by atoms with van der Waals surface area (Å²) in [5.41, 5.74) is 1.63. The fraction of sp³-hybridized carbons (Fsp3) is 0.385. The monoisotopic (exact) mass is 313 g/mol. The third-order valence-corrected chi connectivity index (χ3v) is 2.95. The molecule has 0 fully saturated rings. The second-order valence-electron chi connectivity index (χ2n) is 3.79. The molecule has 1 aromatic rings. The number of hydrogen-bond donors (Lipinski definition) is 1. The Morgan fingerprint density at radius 1 is 1.39 bits per heavy atom. The normalized spacial score (nSPS) is 9.94. The predicted octanol–water partition coefficient (Wildman–Crippen LogP) is 2.44. The van der Waals surface area contributed by atoms with Gasteiger partial charge in [-0.1, -0.05) is 6.07 Å². The Labute approximate surface area is 115 Å². The van der Waals surface area contributed by atoms with Gasteiger partial charge in [0, 0.05) is 11.0 Å². The molecule has 4 nitrogen and oxygen atoms in total. The van der Waals surface area contributed by atoms with E-state index in [1.165, 1.54) is 0 Å². The van der Waals surface area contributed by atoms with E-state index in [1.54, 1.807) is 13.0 Å². The van der Waals surface area contributed by atoms with Gasteiger partial charge in [0.15, 0.2) is 0 Å². The van der Waals surface area contributed by atoms with Gasteiger partial charge in [0.2, 0.25) is 0 Å². The molecule has 1 N–H and O–H groups in total. The molecule has 0 bridgehead atoms. The molecule has 0 unspecified atom stereocenters. The van der Waals surface area contributed by atoms with E-state index >= 15 is 0 Å². The molecular weight excluding hydrogens is 298 g/mol. The van der Waals surface area contributed by atoms with Gasteiger partial charge >= 0.3 is 5.97 Å². The lowest BCUT2D eigenvalue weighted by Gasteiger charge is -2.07. The van der Waals surface area contributed by atoms with Gasteiger partial charge in [-0.2, -0.15) is 0 Å². The van der Waals surface area contributed by atoms with Crippen molar-refractivity contribution in [2.75, 3.05) is 13.2 Å². The maximum Gasteiger partial charge on any atom is 0.307 e. The van der Waals surface area contributed by atoms with Crippen LogP contribution in [0.4, 0.5) is 0 Å². The van der Waals surface area contributed by atoms with Crippen LogP contribution in [0, 0.1) is 6.92 Å². The third kappa shape index (κ3) is 4.49. The average Bonchev–Trinajstić information content (AvgIpc) is 2.29. The Morgan fingerprint density at radius 2 is 2.11 bits per heavy atom. The van der Waals surface area contributed by atoms with Gasteiger partial charge < -0.3 is 10.1 Å². The van der Waals surface area contributed by atoms with Crippen molar-refractivity contribution in [3.8, 4) is 0 Å². The van der Waals surface area contributed by atoms with E-state index in [1.807, 2.05) is 19.1 Å². The summed E-state index contributed by atoms with van der Waals surface area (Å²) in [6.45, 7) is 4.33. The quantitative estimate of drug-likeness (QED) is 0.849. The zero-order valence-electron chi connectivity index (χ0n) is 10.5. The minimum atomic E-state index is -0.305. The van der Waals surface area contributed by atoms with Gasteiger partial charge in [-0.15, -0.1) is 0 Å². The van der Waals surface area contributed by atoms with Gasteiger partial charge in [0.1, 0.15) is 0 Å². The molecule has 0 atom stereocenters. The second-order valence-corrected chi connectivity index (χ2v) is 4.65. The molecule has 1 aromatic carbocycles. The van der Waals surface area contributed by atoms with Crippen LogP contribution < -0.4 is 5.32 Å². The number of esters is 1. The summed E-state index contributed by atoms with van der Waals surface area (Å²) in [7, 11) is 0. The van der Waals surface area contributed by atoms with Gasteiger partial charge in [-0.05, 0) is 47.5 Å². The van der Waals surface area contributed by atoms with Crippen LogP contribution in [0.25, 0.3) is 0 Å². The molecule has 98 valence electrons. The highest BCUT2D eigenvalue weighted by atomic mass is 79.9. The molecule has 0 aliphatic heterocycles. The number of amides is 1. The third-order valence-electron chi connectivity index (χ3n) is 2.29. The van der Waals surface area contributed by atoms with E-state index in [0.29, 0.717) is 12.2 Å². The highest BCUT2D eigenvalue weighted by Crippen LogP contribution is 2.18. The Morgan fingerprint density at radius 3 is 2.72 bits per heavy atom. The number of benzene rings is 1. The molecule has 0 saturated carbocycles. The molecule has 5 heteroatoms. The Bertz CT molecular complexity index is 446. The van der Waals surface area contributed by atoms with Crippen molar-refractivity contribution >= 4 is 27.8 Å². The van der Waals surface area contributed by atoms with Gasteiger partial charge in [0.25, 0.3) is 5.91 Å². The minimum absolute atomic E-state index is 0.184. The average molecular weight is 314 g/mol. The maximum absolute atomic E-state index is 11.8. The van der Waals surface area contributed by atoms with Crippen LogP contribution in [0.3, 0.4) is 0 Å². The van der Waals surface area contributed by atoms with Gasteiger partial charge in [-0.3, -0.25) is 9.59 Å². The van der Waals surface area contributed by atoms with E-state index in [2.05, 4.69) is 21.2 Å². The Hall–Kier alpha value is -1.36. The maximum atomic E-state index is 11.8. The smallest absolute Gasteiger partial charge is 0.307 e. The van der Waals surface area contributed by atoms with Crippen molar-refractivity contribution < 1.29 is 14.3 Å². The van der Waals surface area contributed by atoms with Crippen molar-refractivity contribution in [1.82, 2.24) is 5.32 Å². The lowest BCUT2D eigenvalue weighted by Crippen LogP contribution is -2.26. The number of nitrogens with one attached hydrogen (secondary N) is 1. The number of halogens is 1. The highest BCUT2D eigenvalue weighted by Gasteiger charge is 2.10. The summed E-state index contributed by atoms with van der Waals surface area (Å²) in [6.07, 6.45) is 0.184. The summed E-state index contributed by atoms with van der Waals surface area (Å²) in [6, 6.07) is 5.49. The number of ether oxygens (including phenoxy) is 1. The van der Waals surface area contributed by atoms with Crippen molar-refractivity contribution in [3.63, 3.8) is 0 Å². The lowest BCUT2D eigenvalue weighted by molar-refractivity contribution is -0.142. The molecule has 18 heavy (non-hydrogen) atoms. The van der Waals surface area contributed by atoms with E-state index < -0.39 is 0 Å². The van der Waals surface area contributed by atoms with E-state index in [-0.39, 0.29) is 24.8 Å². The van der Waals surface area contributed by atoms with Crippen LogP contribution in [-0.4, -0.2) is 25.0 Å². The Balaban J connectivity index is 2.48. The molecule has 0 aromatic heterocycles. The molecule has 0 aliphatic rings. The van der Waals surface area contributed by atoms with E-state index in [4.69, 9.17) is 4.74 Å². The molecule has 1 amide bonds. The van der Waals surface area contributed by atoms with Crippen LogP contribution in [-0.2, 0) is 9.53 Å². The first-order valence-electron chi connectivity index (χ1n) is 5.74. The topological polar surface area (TPSA) is 55.4 Å².